The van der Waals surface area contributed by atoms with Crippen LogP contribution in [0, 0.1) is 5.92 Å². The van der Waals surface area contributed by atoms with Gasteiger partial charge in [-0.05, 0) is 60.3 Å². The van der Waals surface area contributed by atoms with Crippen LogP contribution < -0.4 is 11.1 Å². The Hall–Kier alpha value is -0.910. The van der Waals surface area contributed by atoms with Crippen LogP contribution in [0.3, 0.4) is 0 Å². The van der Waals surface area contributed by atoms with Crippen molar-refractivity contribution in [3.05, 3.63) is 28.7 Å². The number of carbonyl (C=O) groups is 1. The summed E-state index contributed by atoms with van der Waals surface area (Å²) < 4.78 is 0.903. The third-order valence-corrected chi connectivity index (χ3v) is 4.49. The number of nitrogens with one attached hydrogen (secondary N) is 1. The Kier molecular flexibility index (Phi) is 5.57. The summed E-state index contributed by atoms with van der Waals surface area (Å²) in [4.78, 5) is 14.3. The second kappa shape index (κ2) is 7.20. The molecule has 0 saturated carbocycles. The Bertz CT molecular complexity index is 464. The highest BCUT2D eigenvalue weighted by atomic mass is 79.9. The van der Waals surface area contributed by atoms with Crippen molar-refractivity contribution in [1.82, 2.24) is 4.90 Å². The van der Waals surface area contributed by atoms with Crippen molar-refractivity contribution in [1.29, 1.82) is 0 Å². The van der Waals surface area contributed by atoms with Crippen molar-refractivity contribution in [2.75, 3.05) is 25.0 Å². The molecular formula is C15H22BrN3O. The summed E-state index contributed by atoms with van der Waals surface area (Å²) in [7, 11) is 0. The molecule has 5 heteroatoms. The molecule has 3 N–H and O–H groups in total. The highest BCUT2D eigenvalue weighted by molar-refractivity contribution is 9.10. The average Bonchev–Trinajstić information content (AvgIpc) is 2.41. The topological polar surface area (TPSA) is 58.4 Å². The van der Waals surface area contributed by atoms with E-state index in [0.717, 1.165) is 29.7 Å². The summed E-state index contributed by atoms with van der Waals surface area (Å²) >= 11 is 3.43. The summed E-state index contributed by atoms with van der Waals surface area (Å²) in [6.45, 7) is 4.38. The Morgan fingerprint density at radius 2 is 2.30 bits per heavy atom. The van der Waals surface area contributed by atoms with Gasteiger partial charge in [0.25, 0.3) is 0 Å². The number of hydrogen-bond acceptors (Lipinski definition) is 3. The molecule has 1 saturated heterocycles. The largest absolute Gasteiger partial charge is 0.328 e. The van der Waals surface area contributed by atoms with Gasteiger partial charge in [-0.15, -0.1) is 0 Å². The van der Waals surface area contributed by atoms with Crippen molar-refractivity contribution in [2.45, 2.75) is 25.8 Å². The zero-order valence-corrected chi connectivity index (χ0v) is 13.4. The standard InChI is InChI=1S/C15H22BrN3O/c1-11(17)12-5-4-8-19(9-12)10-15(20)18-14-7-3-2-6-13(14)16/h2-3,6-7,11-12H,4-5,8-10,17H2,1H3,(H,18,20). The molecule has 0 radical (unpaired) electrons. The van der Waals surface area contributed by atoms with Crippen molar-refractivity contribution >= 4 is 27.5 Å². The third kappa shape index (κ3) is 4.30. The SMILES string of the molecule is CC(N)C1CCCN(CC(=O)Nc2ccccc2Br)C1. The van der Waals surface area contributed by atoms with E-state index >= 15 is 0 Å². The zero-order valence-electron chi connectivity index (χ0n) is 11.8. The van der Waals surface area contributed by atoms with Crippen LogP contribution in [0.15, 0.2) is 28.7 Å². The van der Waals surface area contributed by atoms with Gasteiger partial charge in [0, 0.05) is 17.1 Å². The molecule has 1 aliphatic heterocycles. The lowest BCUT2D eigenvalue weighted by molar-refractivity contribution is -0.117. The van der Waals surface area contributed by atoms with E-state index in [1.807, 2.05) is 24.3 Å². The highest BCUT2D eigenvalue weighted by Gasteiger charge is 2.23. The Morgan fingerprint density at radius 1 is 1.55 bits per heavy atom. The molecule has 110 valence electrons. The molecule has 0 bridgehead atoms. The number of rotatable bonds is 4. The van der Waals surface area contributed by atoms with Crippen LogP contribution in [0.1, 0.15) is 19.8 Å². The molecule has 1 amide bonds. The molecule has 1 fully saturated rings. The summed E-state index contributed by atoms with van der Waals surface area (Å²) in [5.41, 5.74) is 6.79. The minimum Gasteiger partial charge on any atom is -0.328 e. The number of likely N-dealkylation sites (tertiary alicyclic amines) is 1. The molecule has 2 atom stereocenters. The maximum Gasteiger partial charge on any atom is 0.238 e. The molecular weight excluding hydrogens is 318 g/mol. The first-order valence-corrected chi connectivity index (χ1v) is 7.88. The van der Waals surface area contributed by atoms with Gasteiger partial charge in [-0.2, -0.15) is 0 Å². The van der Waals surface area contributed by atoms with Gasteiger partial charge in [0.1, 0.15) is 0 Å². The number of carbonyl (C=O) groups excluding carboxylic acids is 1. The fourth-order valence-electron chi connectivity index (χ4n) is 2.62. The molecule has 2 rings (SSSR count). The molecule has 1 heterocycles. The molecule has 1 aromatic rings. The summed E-state index contributed by atoms with van der Waals surface area (Å²) in [5, 5.41) is 2.94. The van der Waals surface area contributed by atoms with Gasteiger partial charge in [-0.1, -0.05) is 12.1 Å². The molecule has 0 aromatic heterocycles. The van der Waals surface area contributed by atoms with Crippen LogP contribution in [0.25, 0.3) is 0 Å². The predicted octanol–water partition coefficient (Wildman–Crippen LogP) is 2.45. The first-order valence-electron chi connectivity index (χ1n) is 7.08. The van der Waals surface area contributed by atoms with Crippen LogP contribution in [-0.2, 0) is 4.79 Å². The lowest BCUT2D eigenvalue weighted by Gasteiger charge is -2.34. The minimum atomic E-state index is 0.0298. The fraction of sp³-hybridized carbons (Fsp3) is 0.533. The number of piperidine rings is 1. The van der Waals surface area contributed by atoms with E-state index in [9.17, 15) is 4.79 Å². The lowest BCUT2D eigenvalue weighted by Crippen LogP contribution is -2.45. The zero-order chi connectivity index (χ0) is 14.5. The van der Waals surface area contributed by atoms with E-state index in [0.29, 0.717) is 12.5 Å². The van der Waals surface area contributed by atoms with Crippen molar-refractivity contribution < 1.29 is 4.79 Å². The van der Waals surface area contributed by atoms with E-state index in [2.05, 4.69) is 33.1 Å². The van der Waals surface area contributed by atoms with E-state index in [-0.39, 0.29) is 11.9 Å². The molecule has 1 aromatic carbocycles. The molecule has 1 aliphatic rings. The van der Waals surface area contributed by atoms with Crippen LogP contribution in [-0.4, -0.2) is 36.5 Å². The van der Waals surface area contributed by atoms with Crippen LogP contribution in [0.2, 0.25) is 0 Å². The second-order valence-corrected chi connectivity index (χ2v) is 6.38. The van der Waals surface area contributed by atoms with E-state index in [1.165, 1.54) is 6.42 Å². The summed E-state index contributed by atoms with van der Waals surface area (Å²) in [5.74, 6) is 0.530. The van der Waals surface area contributed by atoms with E-state index in [1.54, 1.807) is 0 Å². The summed E-state index contributed by atoms with van der Waals surface area (Å²) in [6, 6.07) is 7.85. The Labute approximate surface area is 128 Å². The maximum absolute atomic E-state index is 12.1. The van der Waals surface area contributed by atoms with Crippen molar-refractivity contribution in [3.8, 4) is 0 Å². The summed E-state index contributed by atoms with van der Waals surface area (Å²) in [6.07, 6.45) is 2.29. The van der Waals surface area contributed by atoms with Crippen molar-refractivity contribution in [3.63, 3.8) is 0 Å². The first kappa shape index (κ1) is 15.5. The van der Waals surface area contributed by atoms with E-state index in [4.69, 9.17) is 5.73 Å². The number of anilines is 1. The monoisotopic (exact) mass is 339 g/mol. The number of benzene rings is 1. The van der Waals surface area contributed by atoms with Crippen LogP contribution in [0.5, 0.6) is 0 Å². The number of nitrogens with two attached hydrogens (primary N) is 1. The highest BCUT2D eigenvalue weighted by Crippen LogP contribution is 2.22. The molecule has 4 nitrogen and oxygen atoms in total. The normalized spacial score (nSPS) is 21.4. The molecule has 0 aliphatic carbocycles. The molecule has 0 spiro atoms. The number of halogens is 1. The molecule has 2 unspecified atom stereocenters. The van der Waals surface area contributed by atoms with Gasteiger partial charge < -0.3 is 11.1 Å². The fourth-order valence-corrected chi connectivity index (χ4v) is 3.00. The number of nitrogens with zero attached hydrogens (tertiary/aromatic N) is 1. The third-order valence-electron chi connectivity index (χ3n) is 3.80. The number of amides is 1. The minimum absolute atomic E-state index is 0.0298. The van der Waals surface area contributed by atoms with Gasteiger partial charge in [-0.3, -0.25) is 9.69 Å². The van der Waals surface area contributed by atoms with Gasteiger partial charge in [0.05, 0.1) is 12.2 Å². The Morgan fingerprint density at radius 3 is 3.00 bits per heavy atom. The number of hydrogen-bond donors (Lipinski definition) is 2. The van der Waals surface area contributed by atoms with Crippen LogP contribution in [0.4, 0.5) is 5.69 Å². The predicted molar refractivity (Wildman–Crippen MR) is 85.6 cm³/mol. The molecule has 20 heavy (non-hydrogen) atoms. The van der Waals surface area contributed by atoms with Gasteiger partial charge in [-0.25, -0.2) is 0 Å². The number of para-hydroxylation sites is 1. The maximum atomic E-state index is 12.1. The first-order chi connectivity index (χ1) is 9.56. The average molecular weight is 340 g/mol. The van der Waals surface area contributed by atoms with Crippen LogP contribution >= 0.6 is 15.9 Å². The smallest absolute Gasteiger partial charge is 0.238 e. The van der Waals surface area contributed by atoms with Gasteiger partial charge >= 0.3 is 0 Å². The van der Waals surface area contributed by atoms with Gasteiger partial charge in [0.15, 0.2) is 0 Å². The lowest BCUT2D eigenvalue weighted by atomic mass is 9.92. The second-order valence-electron chi connectivity index (χ2n) is 5.52. The van der Waals surface area contributed by atoms with E-state index < -0.39 is 0 Å². The van der Waals surface area contributed by atoms with Gasteiger partial charge in [0.2, 0.25) is 5.91 Å². The van der Waals surface area contributed by atoms with Crippen molar-refractivity contribution in [2.24, 2.45) is 11.7 Å². The quantitative estimate of drug-likeness (QED) is 0.885. The Balaban J connectivity index is 1.87.